The Morgan fingerprint density at radius 2 is 1.78 bits per heavy atom. The van der Waals surface area contributed by atoms with Crippen molar-refractivity contribution < 1.29 is 19.7 Å². The standard InChI is InChI=1S/C23H36O4/c1-14-15-6-9-23-17(10-15)22(13-25)8-5-7-21(4,12-24)16(22)11-18(23)26-20(2,3)27-19(14)23/h15-19,24-25H,1,5-13H2,2-4H3/t15-,16?,17?,18+,19-,21-,22-,23?/m0/s1. The van der Waals surface area contributed by atoms with Crippen LogP contribution in [0, 0.1) is 34.0 Å². The molecule has 27 heavy (non-hydrogen) atoms. The van der Waals surface area contributed by atoms with Crippen LogP contribution >= 0.6 is 0 Å². The van der Waals surface area contributed by atoms with E-state index in [1.807, 2.05) is 13.8 Å². The lowest BCUT2D eigenvalue weighted by molar-refractivity contribution is -0.397. The van der Waals surface area contributed by atoms with Gasteiger partial charge in [-0.1, -0.05) is 19.9 Å². The molecule has 6 fully saturated rings. The van der Waals surface area contributed by atoms with Crippen LogP contribution in [-0.4, -0.2) is 41.4 Å². The Hall–Kier alpha value is -0.420. The lowest BCUT2D eigenvalue weighted by Crippen LogP contribution is -2.75. The molecule has 6 aliphatic rings. The molecule has 2 bridgehead atoms. The number of rotatable bonds is 2. The van der Waals surface area contributed by atoms with Crippen molar-refractivity contribution in [1.29, 1.82) is 0 Å². The summed E-state index contributed by atoms with van der Waals surface area (Å²) >= 11 is 0. The smallest absolute Gasteiger partial charge is 0.163 e. The van der Waals surface area contributed by atoms with E-state index >= 15 is 0 Å². The fraction of sp³-hybridized carbons (Fsp3) is 0.913. The van der Waals surface area contributed by atoms with Gasteiger partial charge < -0.3 is 19.7 Å². The summed E-state index contributed by atoms with van der Waals surface area (Å²) in [5.74, 6) is 0.599. The van der Waals surface area contributed by atoms with Crippen LogP contribution in [0.4, 0.5) is 0 Å². The van der Waals surface area contributed by atoms with E-state index in [-0.39, 0.29) is 41.7 Å². The third kappa shape index (κ3) is 2.14. The first-order valence-corrected chi connectivity index (χ1v) is 11.0. The van der Waals surface area contributed by atoms with Crippen molar-refractivity contribution in [3.05, 3.63) is 12.2 Å². The molecule has 3 unspecified atom stereocenters. The third-order valence-electron chi connectivity index (χ3n) is 9.60. The SMILES string of the molecule is C=C1[C@H]2CCC34C(C2)[C@]2(CO)CCC[C@@](C)(CO)C2C[C@H]3OC(C)(C)O[C@@H]14. The molecule has 1 heterocycles. The zero-order valence-electron chi connectivity index (χ0n) is 17.2. The van der Waals surface area contributed by atoms with Crippen LogP contribution in [0.1, 0.15) is 65.7 Å². The second-order valence-electron chi connectivity index (χ2n) is 11.1. The minimum absolute atomic E-state index is 0.0473. The van der Waals surface area contributed by atoms with E-state index in [1.54, 1.807) is 0 Å². The second kappa shape index (κ2) is 5.59. The predicted octanol–water partition coefficient (Wildman–Crippen LogP) is 3.66. The lowest BCUT2D eigenvalue weighted by atomic mass is 9.35. The van der Waals surface area contributed by atoms with Crippen molar-refractivity contribution in [2.75, 3.05) is 13.2 Å². The van der Waals surface area contributed by atoms with Gasteiger partial charge in [-0.2, -0.15) is 0 Å². The van der Waals surface area contributed by atoms with Crippen molar-refractivity contribution in [3.63, 3.8) is 0 Å². The Balaban J connectivity index is 1.68. The van der Waals surface area contributed by atoms with Crippen LogP contribution in [0.25, 0.3) is 0 Å². The normalized spacial score (nSPS) is 55.7. The number of aliphatic hydroxyl groups is 2. The van der Waals surface area contributed by atoms with Gasteiger partial charge in [0.05, 0.1) is 12.2 Å². The monoisotopic (exact) mass is 376 g/mol. The predicted molar refractivity (Wildman–Crippen MR) is 103 cm³/mol. The fourth-order valence-electron chi connectivity index (χ4n) is 8.47. The molecule has 1 spiro atoms. The Morgan fingerprint density at radius 1 is 1.00 bits per heavy atom. The van der Waals surface area contributed by atoms with Crippen molar-refractivity contribution in [3.8, 4) is 0 Å². The van der Waals surface area contributed by atoms with Gasteiger partial charge in [-0.25, -0.2) is 0 Å². The fourth-order valence-corrected chi connectivity index (χ4v) is 8.47. The first kappa shape index (κ1) is 18.6. The van der Waals surface area contributed by atoms with Gasteiger partial charge in [-0.05, 0) is 81.1 Å². The largest absolute Gasteiger partial charge is 0.396 e. The molecule has 6 rings (SSSR count). The molecular weight excluding hydrogens is 340 g/mol. The molecule has 8 atom stereocenters. The van der Waals surface area contributed by atoms with Crippen LogP contribution < -0.4 is 0 Å². The minimum Gasteiger partial charge on any atom is -0.396 e. The van der Waals surface area contributed by atoms with Gasteiger partial charge in [-0.3, -0.25) is 0 Å². The van der Waals surface area contributed by atoms with Crippen molar-refractivity contribution in [1.82, 2.24) is 0 Å². The molecule has 152 valence electrons. The molecular formula is C23H36O4. The number of ether oxygens (including phenoxy) is 2. The molecule has 0 radical (unpaired) electrons. The van der Waals surface area contributed by atoms with E-state index in [9.17, 15) is 10.2 Å². The first-order chi connectivity index (χ1) is 12.7. The average Bonchev–Trinajstić information content (AvgIpc) is 2.64. The van der Waals surface area contributed by atoms with E-state index in [0.717, 1.165) is 38.5 Å². The van der Waals surface area contributed by atoms with Gasteiger partial charge in [-0.15, -0.1) is 0 Å². The number of aliphatic hydroxyl groups excluding tert-OH is 2. The van der Waals surface area contributed by atoms with E-state index in [1.165, 1.54) is 12.0 Å². The molecule has 0 aromatic carbocycles. The summed E-state index contributed by atoms with van der Waals surface area (Å²) < 4.78 is 13.2. The van der Waals surface area contributed by atoms with Gasteiger partial charge in [0.15, 0.2) is 5.79 Å². The Labute approximate surface area is 163 Å². The maximum Gasteiger partial charge on any atom is 0.163 e. The first-order valence-electron chi connectivity index (χ1n) is 11.0. The van der Waals surface area contributed by atoms with E-state index in [2.05, 4.69) is 13.5 Å². The van der Waals surface area contributed by atoms with Gasteiger partial charge in [0, 0.05) is 24.0 Å². The van der Waals surface area contributed by atoms with Gasteiger partial charge in [0.25, 0.3) is 0 Å². The highest BCUT2D eigenvalue weighted by Gasteiger charge is 2.73. The van der Waals surface area contributed by atoms with E-state index in [4.69, 9.17) is 9.47 Å². The molecule has 2 N–H and O–H groups in total. The third-order valence-corrected chi connectivity index (χ3v) is 9.60. The topological polar surface area (TPSA) is 58.9 Å². The summed E-state index contributed by atoms with van der Waals surface area (Å²) in [4.78, 5) is 0. The molecule has 1 saturated heterocycles. The molecule has 0 aromatic heterocycles. The Morgan fingerprint density at radius 3 is 2.48 bits per heavy atom. The van der Waals surface area contributed by atoms with E-state index in [0.29, 0.717) is 17.8 Å². The molecule has 5 saturated carbocycles. The zero-order chi connectivity index (χ0) is 19.2. The van der Waals surface area contributed by atoms with Crippen LogP contribution in [0.15, 0.2) is 12.2 Å². The summed E-state index contributed by atoms with van der Waals surface area (Å²) in [6.07, 6.45) is 7.72. The van der Waals surface area contributed by atoms with E-state index < -0.39 is 5.79 Å². The second-order valence-corrected chi connectivity index (χ2v) is 11.1. The maximum absolute atomic E-state index is 10.8. The summed E-state index contributed by atoms with van der Waals surface area (Å²) in [5.41, 5.74) is 0.982. The summed E-state index contributed by atoms with van der Waals surface area (Å²) in [7, 11) is 0. The summed E-state index contributed by atoms with van der Waals surface area (Å²) in [6.45, 7) is 11.2. The Kier molecular flexibility index (Phi) is 3.85. The highest BCUT2D eigenvalue weighted by Crippen LogP contribution is 2.74. The van der Waals surface area contributed by atoms with Crippen LogP contribution in [0.5, 0.6) is 0 Å². The van der Waals surface area contributed by atoms with Crippen molar-refractivity contribution in [2.24, 2.45) is 34.0 Å². The van der Waals surface area contributed by atoms with Gasteiger partial charge in [0.1, 0.15) is 0 Å². The molecule has 4 heteroatoms. The highest BCUT2D eigenvalue weighted by atomic mass is 16.7. The minimum atomic E-state index is -0.602. The highest BCUT2D eigenvalue weighted by molar-refractivity contribution is 5.30. The average molecular weight is 377 g/mol. The molecule has 4 nitrogen and oxygen atoms in total. The van der Waals surface area contributed by atoms with Crippen LogP contribution in [0.3, 0.4) is 0 Å². The van der Waals surface area contributed by atoms with Crippen LogP contribution in [-0.2, 0) is 9.47 Å². The Bertz CT molecular complexity index is 659. The quantitative estimate of drug-likeness (QED) is 0.722. The number of hydrogen-bond donors (Lipinski definition) is 2. The number of hydrogen-bond acceptors (Lipinski definition) is 4. The number of fused-ring (bicyclic) bond motifs is 2. The summed E-state index contributed by atoms with van der Waals surface area (Å²) in [5, 5.41) is 21.1. The van der Waals surface area contributed by atoms with Crippen LogP contribution in [0.2, 0.25) is 0 Å². The molecule has 0 aromatic rings. The van der Waals surface area contributed by atoms with Gasteiger partial charge in [0.2, 0.25) is 0 Å². The van der Waals surface area contributed by atoms with Gasteiger partial charge >= 0.3 is 0 Å². The zero-order valence-corrected chi connectivity index (χ0v) is 17.2. The van der Waals surface area contributed by atoms with Crippen molar-refractivity contribution >= 4 is 0 Å². The molecule has 1 aliphatic heterocycles. The van der Waals surface area contributed by atoms with Crippen molar-refractivity contribution in [2.45, 2.75) is 83.7 Å². The maximum atomic E-state index is 10.8. The lowest BCUT2D eigenvalue weighted by Gasteiger charge is -2.74. The summed E-state index contributed by atoms with van der Waals surface area (Å²) in [6, 6.07) is 0. The molecule has 5 aliphatic carbocycles. The molecule has 0 amide bonds.